The van der Waals surface area contributed by atoms with Gasteiger partial charge in [-0.25, -0.2) is 9.97 Å². The van der Waals surface area contributed by atoms with Crippen molar-refractivity contribution in [2.45, 2.75) is 0 Å². The standard InChI is InChI=1S/2C11H9NO.Be/c2*13-11-7-2-1-5-9(11)10-6-3-4-8-12-10;/h2*1-8,13H;/q;;+2/p+2. The number of aromatic hydroxyl groups is 2. The Morgan fingerprint density at radius 1 is 0.481 bits per heavy atom. The Morgan fingerprint density at radius 2 is 0.852 bits per heavy atom. The normalized spacial score (nSPS) is 9.48. The van der Waals surface area contributed by atoms with Crippen molar-refractivity contribution in [2.75, 3.05) is 0 Å². The third kappa shape index (κ3) is 5.24. The summed E-state index contributed by atoms with van der Waals surface area (Å²) in [5.41, 5.74) is 3.48. The molecule has 0 saturated carbocycles. The van der Waals surface area contributed by atoms with Crippen LogP contribution in [0.1, 0.15) is 0 Å². The van der Waals surface area contributed by atoms with Gasteiger partial charge in [-0.15, -0.1) is 0 Å². The number of aromatic amines is 2. The number of hydrogen-bond donors (Lipinski definition) is 2. The number of phenols is 2. The van der Waals surface area contributed by atoms with E-state index in [9.17, 15) is 10.2 Å². The maximum Gasteiger partial charge on any atom is 2.00 e. The van der Waals surface area contributed by atoms with Crippen molar-refractivity contribution >= 4 is 10.1 Å². The number of para-hydroxylation sites is 2. The fourth-order valence-corrected chi connectivity index (χ4v) is 2.52. The molecular formula is C22H20BeN2O2+4. The molecule has 0 unspecified atom stereocenters. The van der Waals surface area contributed by atoms with Gasteiger partial charge in [0.25, 0.3) is 0 Å². The number of hydrogen-bond acceptors (Lipinski definition) is 2. The summed E-state index contributed by atoms with van der Waals surface area (Å²) in [7, 11) is 0. The van der Waals surface area contributed by atoms with Gasteiger partial charge in [0.1, 0.15) is 11.5 Å². The number of pyridine rings is 2. The number of aromatic nitrogens is 2. The van der Waals surface area contributed by atoms with E-state index in [1.165, 1.54) is 0 Å². The van der Waals surface area contributed by atoms with Gasteiger partial charge in [-0.1, -0.05) is 24.3 Å². The van der Waals surface area contributed by atoms with Crippen LogP contribution in [0.25, 0.3) is 22.5 Å². The van der Waals surface area contributed by atoms with Gasteiger partial charge in [0, 0.05) is 24.3 Å². The monoisotopic (exact) mass is 353 g/mol. The fraction of sp³-hybridized carbons (Fsp3) is 0. The fourth-order valence-electron chi connectivity index (χ4n) is 2.52. The van der Waals surface area contributed by atoms with Crippen LogP contribution in [0.15, 0.2) is 97.3 Å². The molecule has 0 saturated heterocycles. The van der Waals surface area contributed by atoms with Crippen LogP contribution in [-0.4, -0.2) is 20.3 Å². The van der Waals surface area contributed by atoms with E-state index in [-0.39, 0.29) is 10.1 Å². The molecule has 0 amide bonds. The van der Waals surface area contributed by atoms with Crippen LogP contribution in [0.3, 0.4) is 0 Å². The Bertz CT molecular complexity index is 883. The Labute approximate surface area is 162 Å². The van der Waals surface area contributed by atoms with E-state index in [1.54, 1.807) is 12.1 Å². The second kappa shape index (κ2) is 9.85. The van der Waals surface area contributed by atoms with Crippen LogP contribution in [0, 0.1) is 0 Å². The topological polar surface area (TPSA) is 68.7 Å². The molecule has 0 aliphatic carbocycles. The largest absolute Gasteiger partial charge is 2.00 e. The predicted molar refractivity (Wildman–Crippen MR) is 106 cm³/mol. The van der Waals surface area contributed by atoms with Crippen LogP contribution in [0.5, 0.6) is 11.5 Å². The zero-order chi connectivity index (χ0) is 18.2. The Morgan fingerprint density at radius 3 is 1.19 bits per heavy atom. The van der Waals surface area contributed by atoms with Crippen molar-refractivity contribution in [3.05, 3.63) is 97.3 Å². The molecule has 0 spiro atoms. The molecule has 0 aliphatic rings. The molecule has 2 heterocycles. The molecule has 27 heavy (non-hydrogen) atoms. The van der Waals surface area contributed by atoms with E-state index in [0.717, 1.165) is 22.5 Å². The molecule has 4 aromatic rings. The number of phenolic OH excluding ortho intramolecular Hbond substituents is 2. The summed E-state index contributed by atoms with van der Waals surface area (Å²) in [5.74, 6) is 0.593. The van der Waals surface area contributed by atoms with Gasteiger partial charge in [0.05, 0.1) is 11.1 Å². The second-order valence-electron chi connectivity index (χ2n) is 5.59. The summed E-state index contributed by atoms with van der Waals surface area (Å²) < 4.78 is 0. The predicted octanol–water partition coefficient (Wildman–Crippen LogP) is 3.37. The summed E-state index contributed by atoms with van der Waals surface area (Å²) in [5, 5.41) is 19.1. The van der Waals surface area contributed by atoms with Crippen LogP contribution >= 0.6 is 0 Å². The number of benzene rings is 2. The van der Waals surface area contributed by atoms with Crippen molar-refractivity contribution in [1.82, 2.24) is 0 Å². The smallest absolute Gasteiger partial charge is 0.507 e. The maximum atomic E-state index is 9.54. The average molecular weight is 353 g/mol. The Hall–Kier alpha value is -3.49. The van der Waals surface area contributed by atoms with Gasteiger partial charge in [-0.05, 0) is 36.4 Å². The molecule has 0 fully saturated rings. The molecule has 0 bridgehead atoms. The van der Waals surface area contributed by atoms with Crippen molar-refractivity contribution < 1.29 is 20.2 Å². The summed E-state index contributed by atoms with van der Waals surface area (Å²) in [6, 6.07) is 26.0. The molecule has 4 nitrogen and oxygen atoms in total. The first-order valence-electron chi connectivity index (χ1n) is 8.26. The molecule has 5 heteroatoms. The average Bonchev–Trinajstić information content (AvgIpc) is 2.71. The summed E-state index contributed by atoms with van der Waals surface area (Å²) in [4.78, 5) is 6.13. The quantitative estimate of drug-likeness (QED) is 0.543. The number of rotatable bonds is 2. The van der Waals surface area contributed by atoms with Gasteiger partial charge in [-0.3, -0.25) is 0 Å². The maximum absolute atomic E-state index is 9.54. The van der Waals surface area contributed by atoms with E-state index >= 15 is 0 Å². The first kappa shape index (κ1) is 19.8. The molecule has 0 atom stereocenters. The van der Waals surface area contributed by atoms with Crippen molar-refractivity contribution in [3.63, 3.8) is 0 Å². The Kier molecular flexibility index (Phi) is 7.24. The second-order valence-corrected chi connectivity index (χ2v) is 5.59. The molecular weight excluding hydrogens is 333 g/mol. The number of nitrogens with one attached hydrogen (secondary N) is 2. The molecule has 4 rings (SSSR count). The van der Waals surface area contributed by atoms with E-state index in [2.05, 4.69) is 9.97 Å². The third-order valence-electron chi connectivity index (χ3n) is 3.81. The first-order valence-corrected chi connectivity index (χ1v) is 8.26. The molecule has 2 aromatic heterocycles. The molecule has 4 N–H and O–H groups in total. The Balaban J connectivity index is 0.000000187. The minimum Gasteiger partial charge on any atom is -0.507 e. The minimum atomic E-state index is 0. The van der Waals surface area contributed by atoms with E-state index in [0.29, 0.717) is 11.5 Å². The van der Waals surface area contributed by atoms with Crippen molar-refractivity contribution in [2.24, 2.45) is 0 Å². The molecule has 2 aromatic carbocycles. The van der Waals surface area contributed by atoms with Crippen LogP contribution in [0.4, 0.5) is 0 Å². The van der Waals surface area contributed by atoms with Crippen LogP contribution in [-0.2, 0) is 0 Å². The summed E-state index contributed by atoms with van der Waals surface area (Å²) >= 11 is 0. The van der Waals surface area contributed by atoms with Crippen LogP contribution < -0.4 is 9.97 Å². The van der Waals surface area contributed by atoms with E-state index < -0.39 is 0 Å². The van der Waals surface area contributed by atoms with Gasteiger partial charge in [-0.2, -0.15) is 0 Å². The third-order valence-corrected chi connectivity index (χ3v) is 3.81. The number of H-pyrrole nitrogens is 2. The zero-order valence-corrected chi connectivity index (χ0v) is 14.8. The van der Waals surface area contributed by atoms with E-state index in [4.69, 9.17) is 0 Å². The van der Waals surface area contributed by atoms with Gasteiger partial charge in [0.2, 0.25) is 11.4 Å². The first-order chi connectivity index (χ1) is 12.8. The van der Waals surface area contributed by atoms with Gasteiger partial charge in [0.15, 0.2) is 12.4 Å². The zero-order valence-electron chi connectivity index (χ0n) is 14.8. The van der Waals surface area contributed by atoms with Gasteiger partial charge < -0.3 is 10.2 Å². The molecule has 0 radical (unpaired) electrons. The van der Waals surface area contributed by atoms with E-state index in [1.807, 2.05) is 85.2 Å². The van der Waals surface area contributed by atoms with Gasteiger partial charge >= 0.3 is 10.1 Å². The molecule has 0 aliphatic heterocycles. The van der Waals surface area contributed by atoms with Crippen molar-refractivity contribution in [3.8, 4) is 34.0 Å². The molecule has 128 valence electrons. The van der Waals surface area contributed by atoms with Crippen LogP contribution in [0.2, 0.25) is 0 Å². The van der Waals surface area contributed by atoms with Crippen molar-refractivity contribution in [1.29, 1.82) is 0 Å². The SMILES string of the molecule is Oc1ccccc1-c1cccc[nH+]1.Oc1ccccc1-c1cccc[nH+]1.[Be+2]. The summed E-state index contributed by atoms with van der Waals surface area (Å²) in [6.45, 7) is 0. The summed E-state index contributed by atoms with van der Waals surface area (Å²) in [6.07, 6.45) is 3.67. The minimum absolute atomic E-state index is 0.